The zero-order valence-corrected chi connectivity index (χ0v) is 7.07. The molecule has 5 heteroatoms. The summed E-state index contributed by atoms with van der Waals surface area (Å²) in [5.74, 6) is -1.82. The number of aliphatic hydroxyl groups excluding tert-OH is 2. The minimum atomic E-state index is -1.82. The van der Waals surface area contributed by atoms with Gasteiger partial charge >= 0.3 is 5.97 Å². The van der Waals surface area contributed by atoms with Crippen molar-refractivity contribution in [3.63, 3.8) is 0 Å². The minimum absolute atomic E-state index is 0.250. The lowest BCUT2D eigenvalue weighted by Crippen LogP contribution is -2.37. The van der Waals surface area contributed by atoms with E-state index in [1.165, 1.54) is 14.2 Å². The molecule has 0 aromatic heterocycles. The molecule has 0 rings (SSSR count). The molecule has 0 bridgehead atoms. The highest BCUT2D eigenvalue weighted by molar-refractivity contribution is 4.44. The molecule has 0 saturated carbocycles. The molecular formula is C6H16O5. The first kappa shape index (κ1) is 13.4. The predicted molar refractivity (Wildman–Crippen MR) is 38.8 cm³/mol. The van der Waals surface area contributed by atoms with Gasteiger partial charge in [-0.05, 0) is 6.92 Å². The third-order valence-electron chi connectivity index (χ3n) is 0.838. The van der Waals surface area contributed by atoms with E-state index in [1.807, 2.05) is 0 Å². The van der Waals surface area contributed by atoms with E-state index in [4.69, 9.17) is 15.3 Å². The second-order valence-corrected chi connectivity index (χ2v) is 1.60. The summed E-state index contributed by atoms with van der Waals surface area (Å²) < 4.78 is 8.64. The summed E-state index contributed by atoms with van der Waals surface area (Å²) in [5, 5.41) is 24.6. The normalized spacial score (nSPS) is 10.4. The third-order valence-corrected chi connectivity index (χ3v) is 0.838. The molecule has 0 aromatic rings. The maximum absolute atomic E-state index is 8.74. The first-order chi connectivity index (χ1) is 5.10. The van der Waals surface area contributed by atoms with Gasteiger partial charge in [0.1, 0.15) is 6.61 Å². The summed E-state index contributed by atoms with van der Waals surface area (Å²) in [6.07, 6.45) is 0. The predicted octanol–water partition coefficient (Wildman–Crippen LogP) is -1.08. The quantitative estimate of drug-likeness (QED) is 0.467. The van der Waals surface area contributed by atoms with Gasteiger partial charge in [-0.25, -0.2) is 0 Å². The van der Waals surface area contributed by atoms with Crippen molar-refractivity contribution in [3.8, 4) is 0 Å². The van der Waals surface area contributed by atoms with Crippen molar-refractivity contribution in [3.05, 3.63) is 0 Å². The van der Waals surface area contributed by atoms with Crippen LogP contribution >= 0.6 is 0 Å². The van der Waals surface area contributed by atoms with E-state index >= 15 is 0 Å². The van der Waals surface area contributed by atoms with Crippen LogP contribution in [0.1, 0.15) is 6.92 Å². The van der Waals surface area contributed by atoms with Crippen LogP contribution in [0.5, 0.6) is 0 Å². The number of ether oxygens (including phenoxy) is 2. The summed E-state index contributed by atoms with van der Waals surface area (Å²) in [6.45, 7) is 1.36. The second kappa shape index (κ2) is 7.90. The SMILES string of the molecule is CCO.COC(O)(CO)OC. The van der Waals surface area contributed by atoms with Crippen LogP contribution in [0.25, 0.3) is 0 Å². The van der Waals surface area contributed by atoms with E-state index in [2.05, 4.69) is 9.47 Å². The lowest BCUT2D eigenvalue weighted by Gasteiger charge is -2.20. The van der Waals surface area contributed by atoms with Crippen LogP contribution in [0.4, 0.5) is 0 Å². The summed E-state index contributed by atoms with van der Waals surface area (Å²) in [6, 6.07) is 0. The van der Waals surface area contributed by atoms with Gasteiger partial charge in [0.25, 0.3) is 0 Å². The Morgan fingerprint density at radius 1 is 1.18 bits per heavy atom. The molecule has 0 aliphatic rings. The standard InChI is InChI=1S/C4H10O4.C2H6O/c1-7-4(6,3-5)8-2;1-2-3/h5-6H,3H2,1-2H3;3H,2H2,1H3. The number of hydrogen-bond donors (Lipinski definition) is 3. The van der Waals surface area contributed by atoms with Gasteiger partial charge in [0, 0.05) is 20.8 Å². The number of methoxy groups -OCH3 is 2. The maximum atomic E-state index is 8.74. The zero-order chi connectivity index (χ0) is 9.33. The monoisotopic (exact) mass is 168 g/mol. The Labute approximate surface area is 66.2 Å². The van der Waals surface area contributed by atoms with Crippen LogP contribution < -0.4 is 0 Å². The molecule has 0 saturated heterocycles. The van der Waals surface area contributed by atoms with Gasteiger partial charge < -0.3 is 24.8 Å². The van der Waals surface area contributed by atoms with Gasteiger partial charge in [-0.3, -0.25) is 0 Å². The molecule has 0 aromatic carbocycles. The van der Waals surface area contributed by atoms with Gasteiger partial charge in [-0.15, -0.1) is 0 Å². The van der Waals surface area contributed by atoms with Gasteiger partial charge in [0.15, 0.2) is 0 Å². The van der Waals surface area contributed by atoms with Gasteiger partial charge in [-0.2, -0.15) is 0 Å². The summed E-state index contributed by atoms with van der Waals surface area (Å²) >= 11 is 0. The van der Waals surface area contributed by atoms with E-state index in [0.717, 1.165) is 0 Å². The Hall–Kier alpha value is -0.200. The number of rotatable bonds is 3. The zero-order valence-electron chi connectivity index (χ0n) is 7.07. The smallest absolute Gasteiger partial charge is 0.304 e. The lowest BCUT2D eigenvalue weighted by molar-refractivity contribution is -0.352. The molecule has 0 spiro atoms. The molecule has 0 radical (unpaired) electrons. The molecule has 0 aliphatic heterocycles. The lowest BCUT2D eigenvalue weighted by atomic mass is 10.6. The molecule has 70 valence electrons. The number of hydrogen-bond acceptors (Lipinski definition) is 5. The molecule has 0 aliphatic carbocycles. The topological polar surface area (TPSA) is 79.2 Å². The van der Waals surface area contributed by atoms with Crippen molar-refractivity contribution in [2.24, 2.45) is 0 Å². The molecule has 0 heterocycles. The van der Waals surface area contributed by atoms with E-state index in [1.54, 1.807) is 6.92 Å². The maximum Gasteiger partial charge on any atom is 0.304 e. The van der Waals surface area contributed by atoms with Crippen molar-refractivity contribution in [1.82, 2.24) is 0 Å². The summed E-state index contributed by atoms with van der Waals surface area (Å²) in [4.78, 5) is 0. The summed E-state index contributed by atoms with van der Waals surface area (Å²) in [7, 11) is 2.47. The van der Waals surface area contributed by atoms with Crippen molar-refractivity contribution in [2.75, 3.05) is 27.4 Å². The van der Waals surface area contributed by atoms with Crippen LogP contribution in [0.15, 0.2) is 0 Å². The largest absolute Gasteiger partial charge is 0.397 e. The molecule has 3 N–H and O–H groups in total. The van der Waals surface area contributed by atoms with Crippen LogP contribution in [0.3, 0.4) is 0 Å². The highest BCUT2D eigenvalue weighted by Gasteiger charge is 2.23. The van der Waals surface area contributed by atoms with Crippen LogP contribution in [-0.4, -0.2) is 48.7 Å². The fourth-order valence-corrected chi connectivity index (χ4v) is 0.212. The summed E-state index contributed by atoms with van der Waals surface area (Å²) in [5.41, 5.74) is 0. The second-order valence-electron chi connectivity index (χ2n) is 1.60. The number of aliphatic hydroxyl groups is 3. The van der Waals surface area contributed by atoms with Crippen LogP contribution in [0, 0.1) is 0 Å². The fourth-order valence-electron chi connectivity index (χ4n) is 0.212. The molecule has 0 fully saturated rings. The van der Waals surface area contributed by atoms with E-state index in [9.17, 15) is 0 Å². The van der Waals surface area contributed by atoms with Crippen molar-refractivity contribution in [1.29, 1.82) is 0 Å². The Balaban J connectivity index is 0. The van der Waals surface area contributed by atoms with Gasteiger partial charge in [-0.1, -0.05) is 0 Å². The molecule has 11 heavy (non-hydrogen) atoms. The first-order valence-corrected chi connectivity index (χ1v) is 3.14. The molecule has 0 unspecified atom stereocenters. The Morgan fingerprint density at radius 2 is 1.45 bits per heavy atom. The van der Waals surface area contributed by atoms with Gasteiger partial charge in [0.05, 0.1) is 0 Å². The molecule has 0 amide bonds. The first-order valence-electron chi connectivity index (χ1n) is 3.14. The van der Waals surface area contributed by atoms with Gasteiger partial charge in [0.2, 0.25) is 0 Å². The van der Waals surface area contributed by atoms with Crippen molar-refractivity contribution in [2.45, 2.75) is 12.9 Å². The Kier molecular flexibility index (Phi) is 9.62. The molecular weight excluding hydrogens is 152 g/mol. The minimum Gasteiger partial charge on any atom is -0.397 e. The fraction of sp³-hybridized carbons (Fsp3) is 1.00. The molecule has 0 atom stereocenters. The van der Waals surface area contributed by atoms with E-state index < -0.39 is 12.6 Å². The van der Waals surface area contributed by atoms with Crippen LogP contribution in [-0.2, 0) is 9.47 Å². The third kappa shape index (κ3) is 7.70. The Bertz CT molecular complexity index is 63.1. The van der Waals surface area contributed by atoms with E-state index in [0.29, 0.717) is 0 Å². The highest BCUT2D eigenvalue weighted by atomic mass is 16.8. The van der Waals surface area contributed by atoms with E-state index in [-0.39, 0.29) is 6.61 Å². The highest BCUT2D eigenvalue weighted by Crippen LogP contribution is 2.02. The average molecular weight is 168 g/mol. The molecule has 5 nitrogen and oxygen atoms in total. The van der Waals surface area contributed by atoms with Crippen LogP contribution in [0.2, 0.25) is 0 Å². The van der Waals surface area contributed by atoms with Crippen molar-refractivity contribution >= 4 is 0 Å². The van der Waals surface area contributed by atoms with Crippen molar-refractivity contribution < 1.29 is 24.8 Å². The Morgan fingerprint density at radius 3 is 1.45 bits per heavy atom. The average Bonchev–Trinajstić information content (AvgIpc) is 2.05.